The van der Waals surface area contributed by atoms with Crippen LogP contribution in [0.4, 0.5) is 0 Å². The number of hydrogen-bond donors (Lipinski definition) is 2. The van der Waals surface area contributed by atoms with E-state index in [1.807, 2.05) is 6.92 Å². The summed E-state index contributed by atoms with van der Waals surface area (Å²) in [6.45, 7) is 3.99. The van der Waals surface area contributed by atoms with E-state index in [9.17, 15) is 8.42 Å². The highest BCUT2D eigenvalue weighted by Gasteiger charge is 2.21. The Morgan fingerprint density at radius 3 is 2.60 bits per heavy atom. The van der Waals surface area contributed by atoms with Gasteiger partial charge in [0.15, 0.2) is 0 Å². The predicted molar refractivity (Wildman–Crippen MR) is 86.3 cm³/mol. The zero-order chi connectivity index (χ0) is 15.2. The molecule has 0 spiro atoms. The molecule has 0 aliphatic carbocycles. The van der Waals surface area contributed by atoms with Gasteiger partial charge in [0, 0.05) is 11.6 Å². The van der Waals surface area contributed by atoms with Gasteiger partial charge in [-0.15, -0.1) is 0 Å². The van der Waals surface area contributed by atoms with Gasteiger partial charge in [-0.3, -0.25) is 0 Å². The first-order chi connectivity index (χ1) is 9.38. The number of rotatable bonds is 8. The maximum atomic E-state index is 12.4. The van der Waals surface area contributed by atoms with Crippen LogP contribution in [0.15, 0.2) is 29.2 Å². The van der Waals surface area contributed by atoms with Crippen molar-refractivity contribution in [3.8, 4) is 0 Å². The average molecular weight is 314 g/mol. The summed E-state index contributed by atoms with van der Waals surface area (Å²) in [7, 11) is -3.59. The Morgan fingerprint density at radius 2 is 2.00 bits per heavy atom. The minimum atomic E-state index is -3.59. The van der Waals surface area contributed by atoms with E-state index in [-0.39, 0.29) is 15.9 Å². The van der Waals surface area contributed by atoms with Crippen LogP contribution in [0.5, 0.6) is 0 Å². The van der Waals surface area contributed by atoms with Gasteiger partial charge in [0.1, 0.15) is 4.99 Å². The summed E-state index contributed by atoms with van der Waals surface area (Å²) in [6.07, 6.45) is 4.05. The van der Waals surface area contributed by atoms with E-state index in [0.717, 1.165) is 25.7 Å². The second-order valence-corrected chi connectivity index (χ2v) is 7.00. The predicted octanol–water partition coefficient (Wildman–Crippen LogP) is 2.57. The first-order valence-corrected chi connectivity index (χ1v) is 8.68. The molecular formula is C14H22N2O2S2. The Bertz CT molecular complexity index is 556. The van der Waals surface area contributed by atoms with Crippen molar-refractivity contribution in [1.82, 2.24) is 4.72 Å². The number of thiocarbonyl (C=S) groups is 1. The molecule has 0 aliphatic heterocycles. The molecule has 4 nitrogen and oxygen atoms in total. The normalized spacial score (nSPS) is 13.1. The number of nitrogens with one attached hydrogen (secondary N) is 1. The van der Waals surface area contributed by atoms with Crippen molar-refractivity contribution in [2.45, 2.75) is 50.5 Å². The quantitative estimate of drug-likeness (QED) is 0.571. The summed E-state index contributed by atoms with van der Waals surface area (Å²) >= 11 is 4.90. The van der Waals surface area contributed by atoms with Crippen LogP contribution in [0, 0.1) is 0 Å². The molecule has 0 radical (unpaired) electrons. The van der Waals surface area contributed by atoms with Crippen LogP contribution >= 0.6 is 12.2 Å². The second-order valence-electron chi connectivity index (χ2n) is 4.88. The molecule has 6 heteroatoms. The number of hydrogen-bond acceptors (Lipinski definition) is 3. The topological polar surface area (TPSA) is 72.2 Å². The smallest absolute Gasteiger partial charge is 0.241 e. The van der Waals surface area contributed by atoms with Crippen molar-refractivity contribution in [3.63, 3.8) is 0 Å². The molecule has 0 aromatic heterocycles. The van der Waals surface area contributed by atoms with Crippen molar-refractivity contribution in [2.24, 2.45) is 5.73 Å². The molecule has 1 aromatic carbocycles. The Kier molecular flexibility index (Phi) is 6.58. The van der Waals surface area contributed by atoms with Gasteiger partial charge >= 0.3 is 0 Å². The largest absolute Gasteiger partial charge is 0.389 e. The van der Waals surface area contributed by atoms with E-state index >= 15 is 0 Å². The zero-order valence-corrected chi connectivity index (χ0v) is 13.6. The second kappa shape index (κ2) is 7.71. The molecule has 0 amide bonds. The van der Waals surface area contributed by atoms with Crippen molar-refractivity contribution < 1.29 is 8.42 Å². The van der Waals surface area contributed by atoms with Crippen LogP contribution in [-0.4, -0.2) is 19.4 Å². The number of benzene rings is 1. The third-order valence-corrected chi connectivity index (χ3v) is 4.91. The average Bonchev–Trinajstić information content (AvgIpc) is 2.38. The first kappa shape index (κ1) is 17.1. The SMILES string of the molecule is CCCCCC(C)NS(=O)(=O)c1ccccc1C(N)=S. The summed E-state index contributed by atoms with van der Waals surface area (Å²) in [6, 6.07) is 6.43. The fraction of sp³-hybridized carbons (Fsp3) is 0.500. The highest BCUT2D eigenvalue weighted by Crippen LogP contribution is 2.16. The van der Waals surface area contributed by atoms with E-state index in [4.69, 9.17) is 18.0 Å². The number of sulfonamides is 1. The molecule has 20 heavy (non-hydrogen) atoms. The Labute approximate surface area is 126 Å². The first-order valence-electron chi connectivity index (χ1n) is 6.79. The lowest BCUT2D eigenvalue weighted by Crippen LogP contribution is -2.33. The summed E-state index contributed by atoms with van der Waals surface area (Å²) in [4.78, 5) is 0.236. The summed E-state index contributed by atoms with van der Waals surface area (Å²) in [5.41, 5.74) is 5.96. The Balaban J connectivity index is 2.86. The van der Waals surface area contributed by atoms with Gasteiger partial charge in [0.25, 0.3) is 0 Å². The molecule has 3 N–H and O–H groups in total. The Hall–Kier alpha value is -0.980. The maximum absolute atomic E-state index is 12.4. The van der Waals surface area contributed by atoms with Gasteiger partial charge in [-0.25, -0.2) is 13.1 Å². The molecule has 112 valence electrons. The standard InChI is InChI=1S/C14H22N2O2S2/c1-3-4-5-8-11(2)16-20(17,18)13-10-7-6-9-12(13)14(15)19/h6-7,9-11,16H,3-5,8H2,1-2H3,(H2,15,19). The molecule has 0 fully saturated rings. The third-order valence-electron chi connectivity index (χ3n) is 3.04. The van der Waals surface area contributed by atoms with E-state index in [2.05, 4.69) is 11.6 Å². The lowest BCUT2D eigenvalue weighted by molar-refractivity contribution is 0.527. The van der Waals surface area contributed by atoms with Crippen molar-refractivity contribution in [3.05, 3.63) is 29.8 Å². The van der Waals surface area contributed by atoms with Gasteiger partial charge in [0.2, 0.25) is 10.0 Å². The van der Waals surface area contributed by atoms with Crippen LogP contribution in [-0.2, 0) is 10.0 Å². The van der Waals surface area contributed by atoms with Crippen LogP contribution in [0.3, 0.4) is 0 Å². The number of nitrogens with two attached hydrogens (primary N) is 1. The number of unbranched alkanes of at least 4 members (excludes halogenated alkanes) is 2. The monoisotopic (exact) mass is 314 g/mol. The molecule has 1 unspecified atom stereocenters. The van der Waals surface area contributed by atoms with Gasteiger partial charge in [0.05, 0.1) is 4.90 Å². The molecule has 0 saturated heterocycles. The minimum Gasteiger partial charge on any atom is -0.389 e. The fourth-order valence-corrected chi connectivity index (χ4v) is 3.73. The van der Waals surface area contributed by atoms with Gasteiger partial charge in [-0.05, 0) is 19.4 Å². The van der Waals surface area contributed by atoms with Crippen molar-refractivity contribution >= 4 is 27.2 Å². The maximum Gasteiger partial charge on any atom is 0.241 e. The molecule has 0 aliphatic rings. The summed E-state index contributed by atoms with van der Waals surface area (Å²) in [5, 5.41) is 0. The fourth-order valence-electron chi connectivity index (χ4n) is 1.99. The lowest BCUT2D eigenvalue weighted by Gasteiger charge is -2.15. The van der Waals surface area contributed by atoms with Crippen molar-refractivity contribution in [1.29, 1.82) is 0 Å². The van der Waals surface area contributed by atoms with Crippen LogP contribution < -0.4 is 10.5 Å². The molecule has 1 atom stereocenters. The van der Waals surface area contributed by atoms with Gasteiger partial charge in [-0.1, -0.05) is 56.6 Å². The highest BCUT2D eigenvalue weighted by molar-refractivity contribution is 7.89. The minimum absolute atomic E-state index is 0.0876. The van der Waals surface area contributed by atoms with E-state index in [0.29, 0.717) is 5.56 Å². The summed E-state index contributed by atoms with van der Waals surface area (Å²) < 4.78 is 27.4. The van der Waals surface area contributed by atoms with Crippen LogP contribution in [0.2, 0.25) is 0 Å². The van der Waals surface area contributed by atoms with Gasteiger partial charge in [-0.2, -0.15) is 0 Å². The summed E-state index contributed by atoms with van der Waals surface area (Å²) in [5.74, 6) is 0. The highest BCUT2D eigenvalue weighted by atomic mass is 32.2. The molecule has 0 bridgehead atoms. The molecular weight excluding hydrogens is 292 g/mol. The third kappa shape index (κ3) is 4.85. The Morgan fingerprint density at radius 1 is 1.35 bits per heavy atom. The van der Waals surface area contributed by atoms with E-state index in [1.165, 1.54) is 6.07 Å². The van der Waals surface area contributed by atoms with Crippen LogP contribution in [0.1, 0.15) is 45.1 Å². The molecule has 1 aromatic rings. The molecule has 1 rings (SSSR count). The van der Waals surface area contributed by atoms with Crippen molar-refractivity contribution in [2.75, 3.05) is 0 Å². The lowest BCUT2D eigenvalue weighted by atomic mass is 10.1. The van der Waals surface area contributed by atoms with Gasteiger partial charge < -0.3 is 5.73 Å². The van der Waals surface area contributed by atoms with Crippen LogP contribution in [0.25, 0.3) is 0 Å². The zero-order valence-electron chi connectivity index (χ0n) is 11.9. The van der Waals surface area contributed by atoms with E-state index in [1.54, 1.807) is 18.2 Å². The molecule has 0 heterocycles. The molecule has 0 saturated carbocycles. The van der Waals surface area contributed by atoms with E-state index < -0.39 is 10.0 Å².